The molecule has 18 heavy (non-hydrogen) atoms. The van der Waals surface area contributed by atoms with Crippen LogP contribution in [0.25, 0.3) is 0 Å². The van der Waals surface area contributed by atoms with Crippen molar-refractivity contribution in [3.8, 4) is 0 Å². The van der Waals surface area contributed by atoms with E-state index in [0.717, 1.165) is 12.0 Å². The van der Waals surface area contributed by atoms with Gasteiger partial charge in [-0.2, -0.15) is 5.10 Å². The largest absolute Gasteiger partial charge is 0.384 e. The summed E-state index contributed by atoms with van der Waals surface area (Å²) in [5.41, 5.74) is -0.0581. The highest BCUT2D eigenvalue weighted by atomic mass is 16.3. The first-order valence-corrected chi connectivity index (χ1v) is 6.42. The lowest BCUT2D eigenvalue weighted by Gasteiger charge is -2.27. The van der Waals surface area contributed by atoms with Crippen LogP contribution in [0.4, 0.5) is 0 Å². The third-order valence-electron chi connectivity index (χ3n) is 3.49. The van der Waals surface area contributed by atoms with Crippen LogP contribution in [0.5, 0.6) is 0 Å². The van der Waals surface area contributed by atoms with Crippen LogP contribution in [0, 0.1) is 5.92 Å². The van der Waals surface area contributed by atoms with E-state index in [2.05, 4.69) is 30.8 Å². The van der Waals surface area contributed by atoms with Gasteiger partial charge in [-0.15, -0.1) is 6.58 Å². The number of aryl methyl sites for hydroxylation is 1. The molecule has 0 fully saturated rings. The first-order chi connectivity index (χ1) is 8.36. The molecule has 0 saturated heterocycles. The number of aromatic nitrogens is 2. The van der Waals surface area contributed by atoms with Crippen molar-refractivity contribution in [2.45, 2.75) is 38.8 Å². The van der Waals surface area contributed by atoms with E-state index in [1.54, 1.807) is 10.9 Å². The van der Waals surface area contributed by atoms with Crippen LogP contribution in [0.3, 0.4) is 0 Å². The summed E-state index contributed by atoms with van der Waals surface area (Å²) in [6, 6.07) is 0.339. The molecule has 1 aromatic heterocycles. The van der Waals surface area contributed by atoms with Crippen LogP contribution in [-0.4, -0.2) is 27.5 Å². The molecule has 0 amide bonds. The van der Waals surface area contributed by atoms with E-state index in [9.17, 15) is 5.11 Å². The molecule has 3 unspecified atom stereocenters. The van der Waals surface area contributed by atoms with Crippen molar-refractivity contribution in [3.63, 3.8) is 0 Å². The van der Waals surface area contributed by atoms with Gasteiger partial charge in [-0.25, -0.2) is 0 Å². The monoisotopic (exact) mass is 251 g/mol. The van der Waals surface area contributed by atoms with E-state index in [1.807, 2.05) is 26.2 Å². The maximum Gasteiger partial charge on any atom is 0.102 e. The van der Waals surface area contributed by atoms with Gasteiger partial charge in [-0.05, 0) is 26.2 Å². The lowest BCUT2D eigenvalue weighted by atomic mass is 9.96. The highest BCUT2D eigenvalue weighted by Crippen LogP contribution is 2.19. The zero-order chi connectivity index (χ0) is 13.8. The molecule has 0 bridgehead atoms. The predicted octanol–water partition coefficient (Wildman–Crippen LogP) is 1.82. The van der Waals surface area contributed by atoms with Crippen molar-refractivity contribution < 1.29 is 5.11 Å². The summed E-state index contributed by atoms with van der Waals surface area (Å²) in [5, 5.41) is 17.9. The second-order valence-corrected chi connectivity index (χ2v) is 5.35. The molecule has 3 atom stereocenters. The second-order valence-electron chi connectivity index (χ2n) is 5.35. The van der Waals surface area contributed by atoms with Crippen molar-refractivity contribution in [1.82, 2.24) is 15.1 Å². The molecule has 0 aliphatic carbocycles. The Balaban J connectivity index is 2.53. The Morgan fingerprint density at radius 1 is 1.61 bits per heavy atom. The number of aliphatic hydroxyl groups is 1. The molecular formula is C14H25N3O. The average molecular weight is 251 g/mol. The molecule has 0 radical (unpaired) electrons. The van der Waals surface area contributed by atoms with Crippen LogP contribution in [0.2, 0.25) is 0 Å². The molecule has 1 heterocycles. The summed E-state index contributed by atoms with van der Waals surface area (Å²) < 4.78 is 1.70. The molecule has 2 N–H and O–H groups in total. The zero-order valence-electron chi connectivity index (χ0n) is 11.8. The van der Waals surface area contributed by atoms with Gasteiger partial charge < -0.3 is 10.4 Å². The lowest BCUT2D eigenvalue weighted by molar-refractivity contribution is 0.0524. The lowest BCUT2D eigenvalue weighted by Crippen LogP contribution is -2.42. The van der Waals surface area contributed by atoms with Crippen molar-refractivity contribution in [3.05, 3.63) is 30.6 Å². The molecule has 0 spiro atoms. The molecule has 0 aliphatic heterocycles. The first kappa shape index (κ1) is 14.9. The van der Waals surface area contributed by atoms with Crippen LogP contribution in [-0.2, 0) is 12.6 Å². The maximum atomic E-state index is 10.4. The van der Waals surface area contributed by atoms with Crippen LogP contribution < -0.4 is 5.32 Å². The van der Waals surface area contributed by atoms with Crippen molar-refractivity contribution in [2.24, 2.45) is 13.0 Å². The number of hydrogen-bond acceptors (Lipinski definition) is 3. The van der Waals surface area contributed by atoms with Crippen LogP contribution >= 0.6 is 0 Å². The fourth-order valence-corrected chi connectivity index (χ4v) is 1.83. The minimum Gasteiger partial charge on any atom is -0.384 e. The van der Waals surface area contributed by atoms with Gasteiger partial charge in [0.15, 0.2) is 0 Å². The van der Waals surface area contributed by atoms with Crippen LogP contribution in [0.15, 0.2) is 25.0 Å². The predicted molar refractivity (Wildman–Crippen MR) is 74.2 cm³/mol. The topological polar surface area (TPSA) is 50.1 Å². The first-order valence-electron chi connectivity index (χ1n) is 6.42. The van der Waals surface area contributed by atoms with E-state index in [1.165, 1.54) is 0 Å². The van der Waals surface area contributed by atoms with Gasteiger partial charge in [0.05, 0.1) is 6.20 Å². The summed E-state index contributed by atoms with van der Waals surface area (Å²) >= 11 is 0. The fourth-order valence-electron chi connectivity index (χ4n) is 1.83. The van der Waals surface area contributed by atoms with Gasteiger partial charge in [0.2, 0.25) is 0 Å². The van der Waals surface area contributed by atoms with Crippen molar-refractivity contribution in [1.29, 1.82) is 0 Å². The Bertz CT molecular complexity index is 384. The van der Waals surface area contributed by atoms with Gasteiger partial charge in [0, 0.05) is 31.4 Å². The number of hydrogen-bond donors (Lipinski definition) is 2. The number of nitrogens with zero attached hydrogens (tertiary/aromatic N) is 2. The Kier molecular flexibility index (Phi) is 5.11. The molecule has 1 aromatic rings. The third-order valence-corrected chi connectivity index (χ3v) is 3.49. The molecule has 0 saturated carbocycles. The Hall–Kier alpha value is -1.13. The van der Waals surface area contributed by atoms with E-state index < -0.39 is 5.60 Å². The number of rotatable bonds is 7. The third kappa shape index (κ3) is 3.96. The molecule has 0 aromatic carbocycles. The Morgan fingerprint density at radius 2 is 2.28 bits per heavy atom. The van der Waals surface area contributed by atoms with Gasteiger partial charge in [0.25, 0.3) is 0 Å². The molecule has 4 heteroatoms. The summed E-state index contributed by atoms with van der Waals surface area (Å²) in [4.78, 5) is 0. The average Bonchev–Trinajstić information content (AvgIpc) is 2.74. The van der Waals surface area contributed by atoms with E-state index in [0.29, 0.717) is 18.5 Å². The quantitative estimate of drug-likeness (QED) is 0.727. The van der Waals surface area contributed by atoms with E-state index in [-0.39, 0.29) is 0 Å². The molecule has 4 nitrogen and oxygen atoms in total. The minimum absolute atomic E-state index is 0.339. The SMILES string of the molecule is C=CCC(C)C(C)NCC(C)(O)c1cnn(C)c1. The van der Waals surface area contributed by atoms with Gasteiger partial charge in [-0.3, -0.25) is 4.68 Å². The maximum absolute atomic E-state index is 10.4. The van der Waals surface area contributed by atoms with Gasteiger partial charge in [-0.1, -0.05) is 13.0 Å². The molecule has 0 aliphatic rings. The highest BCUT2D eigenvalue weighted by Gasteiger charge is 2.25. The van der Waals surface area contributed by atoms with Crippen molar-refractivity contribution >= 4 is 0 Å². The van der Waals surface area contributed by atoms with Crippen molar-refractivity contribution in [2.75, 3.05) is 6.54 Å². The smallest absolute Gasteiger partial charge is 0.102 e. The van der Waals surface area contributed by atoms with Crippen LogP contribution in [0.1, 0.15) is 32.8 Å². The Morgan fingerprint density at radius 3 is 2.78 bits per heavy atom. The molecular weight excluding hydrogens is 226 g/mol. The highest BCUT2D eigenvalue weighted by molar-refractivity contribution is 5.14. The summed E-state index contributed by atoms with van der Waals surface area (Å²) in [6.45, 7) is 10.4. The normalized spacial score (nSPS) is 18.1. The zero-order valence-corrected chi connectivity index (χ0v) is 11.8. The van der Waals surface area contributed by atoms with E-state index >= 15 is 0 Å². The number of allylic oxidation sites excluding steroid dienone is 1. The summed E-state index contributed by atoms with van der Waals surface area (Å²) in [6.07, 6.45) is 6.46. The standard InChI is InChI=1S/C14H25N3O/c1-6-7-11(2)12(3)15-10-14(4,18)13-8-16-17(5)9-13/h6,8-9,11-12,15,18H,1,7,10H2,2-5H3. The summed E-state index contributed by atoms with van der Waals surface area (Å²) in [5.74, 6) is 0.507. The van der Waals surface area contributed by atoms with E-state index in [4.69, 9.17) is 0 Å². The summed E-state index contributed by atoms with van der Waals surface area (Å²) in [7, 11) is 1.85. The number of nitrogens with one attached hydrogen (secondary N) is 1. The Labute approximate surface area is 110 Å². The second kappa shape index (κ2) is 6.16. The fraction of sp³-hybridized carbons (Fsp3) is 0.643. The van der Waals surface area contributed by atoms with Gasteiger partial charge in [0.1, 0.15) is 5.60 Å². The minimum atomic E-state index is -0.892. The van der Waals surface area contributed by atoms with Gasteiger partial charge >= 0.3 is 0 Å². The molecule has 1 rings (SSSR count). The molecule has 102 valence electrons.